The maximum absolute atomic E-state index is 13.1. The molecular formula is C20H20F3NO3. The van der Waals surface area contributed by atoms with Crippen LogP contribution in [0, 0.1) is 12.3 Å². The molecule has 7 heteroatoms. The third kappa shape index (κ3) is 3.91. The molecule has 1 aliphatic carbocycles. The molecule has 4 nitrogen and oxygen atoms in total. The van der Waals surface area contributed by atoms with Crippen molar-refractivity contribution >= 4 is 17.4 Å². The second-order valence-electron chi connectivity index (χ2n) is 7.64. The van der Waals surface area contributed by atoms with Crippen LogP contribution in [0.4, 0.5) is 18.9 Å². The minimum absolute atomic E-state index is 0.111. The van der Waals surface area contributed by atoms with Gasteiger partial charge in [0.15, 0.2) is 11.5 Å². The van der Waals surface area contributed by atoms with Gasteiger partial charge in [-0.3, -0.25) is 14.5 Å². The van der Waals surface area contributed by atoms with Gasteiger partial charge >= 0.3 is 6.18 Å². The van der Waals surface area contributed by atoms with Crippen LogP contribution >= 0.6 is 0 Å². The molecule has 0 unspecified atom stereocenters. The van der Waals surface area contributed by atoms with Gasteiger partial charge in [0.1, 0.15) is 12.3 Å². The lowest BCUT2D eigenvalue weighted by atomic mass is 9.76. The van der Waals surface area contributed by atoms with E-state index in [-0.39, 0.29) is 22.6 Å². The first kappa shape index (κ1) is 19.2. The molecule has 1 aromatic carbocycles. The van der Waals surface area contributed by atoms with Gasteiger partial charge in [0.25, 0.3) is 5.91 Å². The van der Waals surface area contributed by atoms with Crippen molar-refractivity contribution in [2.75, 3.05) is 11.4 Å². The number of hydrogen-bond acceptors (Lipinski definition) is 3. The molecule has 0 spiro atoms. The number of para-hydroxylation sites is 1. The Labute approximate surface area is 155 Å². The van der Waals surface area contributed by atoms with Crippen LogP contribution in [0.5, 0.6) is 0 Å². The summed E-state index contributed by atoms with van der Waals surface area (Å²) in [6.45, 7) is 3.92. The van der Waals surface area contributed by atoms with Gasteiger partial charge in [-0.1, -0.05) is 32.0 Å². The van der Waals surface area contributed by atoms with E-state index >= 15 is 0 Å². The summed E-state index contributed by atoms with van der Waals surface area (Å²) in [4.78, 5) is 26.0. The van der Waals surface area contributed by atoms with Crippen LogP contribution in [0.2, 0.25) is 0 Å². The lowest BCUT2D eigenvalue weighted by Crippen LogP contribution is -2.39. The fourth-order valence-corrected chi connectivity index (χ4v) is 3.48. The summed E-state index contributed by atoms with van der Waals surface area (Å²) < 4.78 is 44.9. The number of Topliss-reactive ketones (excluding diaryl/α,β-unsaturated/α-hetero) is 1. The van der Waals surface area contributed by atoms with Crippen LogP contribution < -0.4 is 4.90 Å². The standard InChI is InChI=1S/C20H20F3NO3/c1-12-16-14(25)9-19(2,3)10-15(16)27-17(12)18(26)24(11-20(21,22)23)13-7-5-4-6-8-13/h4-8H,9-11H2,1-3H3. The van der Waals surface area contributed by atoms with Crippen LogP contribution in [-0.2, 0) is 6.42 Å². The monoisotopic (exact) mass is 379 g/mol. The van der Waals surface area contributed by atoms with Gasteiger partial charge in [-0.05, 0) is 24.5 Å². The van der Waals surface area contributed by atoms with Crippen molar-refractivity contribution in [3.63, 3.8) is 0 Å². The van der Waals surface area contributed by atoms with Crippen molar-refractivity contribution in [2.24, 2.45) is 5.41 Å². The number of fused-ring (bicyclic) bond motifs is 1. The lowest BCUT2D eigenvalue weighted by Gasteiger charge is -2.27. The number of alkyl halides is 3. The van der Waals surface area contributed by atoms with E-state index in [9.17, 15) is 22.8 Å². The number of ketones is 1. The summed E-state index contributed by atoms with van der Waals surface area (Å²) in [5, 5.41) is 0. The normalized spacial score (nSPS) is 16.1. The van der Waals surface area contributed by atoms with Crippen molar-refractivity contribution in [3.05, 3.63) is 53.0 Å². The van der Waals surface area contributed by atoms with E-state index in [1.807, 2.05) is 13.8 Å². The number of rotatable bonds is 3. The summed E-state index contributed by atoms with van der Waals surface area (Å²) in [5.41, 5.74) is 0.427. The molecule has 0 bridgehead atoms. The summed E-state index contributed by atoms with van der Waals surface area (Å²) in [6.07, 6.45) is -3.82. The van der Waals surface area contributed by atoms with Gasteiger partial charge < -0.3 is 4.42 Å². The Morgan fingerprint density at radius 3 is 2.41 bits per heavy atom. The molecule has 0 aliphatic heterocycles. The van der Waals surface area contributed by atoms with Gasteiger partial charge in [-0.2, -0.15) is 13.2 Å². The molecule has 1 aromatic heterocycles. The quantitative estimate of drug-likeness (QED) is 0.758. The average Bonchev–Trinajstić information content (AvgIpc) is 2.87. The number of carbonyl (C=O) groups is 2. The first-order valence-electron chi connectivity index (χ1n) is 8.58. The fourth-order valence-electron chi connectivity index (χ4n) is 3.48. The topological polar surface area (TPSA) is 50.5 Å². The SMILES string of the molecule is Cc1c(C(=O)N(CC(F)(F)F)c2ccccc2)oc2c1C(=O)CC(C)(C)C2. The second kappa shape index (κ2) is 6.55. The number of nitrogens with zero attached hydrogens (tertiary/aromatic N) is 1. The third-order valence-electron chi connectivity index (χ3n) is 4.62. The third-order valence-corrected chi connectivity index (χ3v) is 4.62. The number of halogens is 3. The van der Waals surface area contributed by atoms with Gasteiger partial charge in [0.05, 0.1) is 5.56 Å². The highest BCUT2D eigenvalue weighted by Crippen LogP contribution is 2.39. The molecule has 0 fully saturated rings. The highest BCUT2D eigenvalue weighted by molar-refractivity contribution is 6.08. The molecule has 1 amide bonds. The van der Waals surface area contributed by atoms with E-state index in [2.05, 4.69) is 0 Å². The average molecular weight is 379 g/mol. The molecule has 2 aromatic rings. The largest absolute Gasteiger partial charge is 0.455 e. The highest BCUT2D eigenvalue weighted by Gasteiger charge is 2.40. The Bertz CT molecular complexity index is 882. The molecule has 3 rings (SSSR count). The number of carbonyl (C=O) groups excluding carboxylic acids is 2. The van der Waals surface area contributed by atoms with Crippen molar-refractivity contribution in [2.45, 2.75) is 39.8 Å². The second-order valence-corrected chi connectivity index (χ2v) is 7.64. The van der Waals surface area contributed by atoms with Crippen LogP contribution in [0.1, 0.15) is 52.5 Å². The minimum Gasteiger partial charge on any atom is -0.455 e. The number of furan rings is 1. The molecule has 1 aliphatic rings. The summed E-state index contributed by atoms with van der Waals surface area (Å²) in [6, 6.07) is 7.61. The first-order chi connectivity index (χ1) is 12.5. The Morgan fingerprint density at radius 2 is 1.81 bits per heavy atom. The number of amides is 1. The first-order valence-corrected chi connectivity index (χ1v) is 8.58. The Kier molecular flexibility index (Phi) is 4.66. The molecule has 0 saturated heterocycles. The molecule has 0 radical (unpaired) electrons. The van der Waals surface area contributed by atoms with E-state index in [4.69, 9.17) is 4.42 Å². The van der Waals surface area contributed by atoms with Crippen LogP contribution in [0.25, 0.3) is 0 Å². The summed E-state index contributed by atoms with van der Waals surface area (Å²) >= 11 is 0. The van der Waals surface area contributed by atoms with Crippen LogP contribution in [0.3, 0.4) is 0 Å². The van der Waals surface area contributed by atoms with Crippen LogP contribution in [0.15, 0.2) is 34.7 Å². The maximum Gasteiger partial charge on any atom is 0.406 e. The summed E-state index contributed by atoms with van der Waals surface area (Å²) in [7, 11) is 0. The zero-order valence-electron chi connectivity index (χ0n) is 15.3. The Morgan fingerprint density at radius 1 is 1.19 bits per heavy atom. The predicted octanol–water partition coefficient (Wildman–Crippen LogP) is 4.95. The summed E-state index contributed by atoms with van der Waals surface area (Å²) in [5.74, 6) is -0.893. The number of hydrogen-bond donors (Lipinski definition) is 0. The van der Waals surface area contributed by atoms with Gasteiger partial charge in [-0.25, -0.2) is 0 Å². The molecule has 0 N–H and O–H groups in total. The Balaban J connectivity index is 2.04. The molecular weight excluding hydrogens is 359 g/mol. The zero-order chi connectivity index (χ0) is 20.0. The van der Waals surface area contributed by atoms with Crippen LogP contribution in [-0.4, -0.2) is 24.4 Å². The minimum atomic E-state index is -4.58. The molecule has 0 atom stereocenters. The van der Waals surface area contributed by atoms with Gasteiger partial charge in [-0.15, -0.1) is 0 Å². The van der Waals surface area contributed by atoms with E-state index in [0.29, 0.717) is 34.6 Å². The van der Waals surface area contributed by atoms with E-state index in [1.165, 1.54) is 12.1 Å². The van der Waals surface area contributed by atoms with Crippen molar-refractivity contribution in [1.82, 2.24) is 0 Å². The van der Waals surface area contributed by atoms with E-state index in [1.54, 1.807) is 25.1 Å². The highest BCUT2D eigenvalue weighted by atomic mass is 19.4. The molecule has 0 saturated carbocycles. The number of benzene rings is 1. The van der Waals surface area contributed by atoms with Gasteiger partial charge in [0, 0.05) is 24.1 Å². The Hall–Kier alpha value is -2.57. The fraction of sp³-hybridized carbons (Fsp3) is 0.400. The van der Waals surface area contributed by atoms with Crippen molar-refractivity contribution < 1.29 is 27.2 Å². The van der Waals surface area contributed by atoms with Crippen molar-refractivity contribution in [3.8, 4) is 0 Å². The molecule has 27 heavy (non-hydrogen) atoms. The number of anilines is 1. The molecule has 1 heterocycles. The van der Waals surface area contributed by atoms with E-state index < -0.39 is 18.6 Å². The lowest BCUT2D eigenvalue weighted by molar-refractivity contribution is -0.118. The van der Waals surface area contributed by atoms with Gasteiger partial charge in [0.2, 0.25) is 0 Å². The smallest absolute Gasteiger partial charge is 0.406 e. The molecule has 144 valence electrons. The van der Waals surface area contributed by atoms with E-state index in [0.717, 1.165) is 0 Å². The maximum atomic E-state index is 13.1. The zero-order valence-corrected chi connectivity index (χ0v) is 15.3. The predicted molar refractivity (Wildman–Crippen MR) is 94.1 cm³/mol. The van der Waals surface area contributed by atoms with Crippen molar-refractivity contribution in [1.29, 1.82) is 0 Å².